The fourth-order valence-electron chi connectivity index (χ4n) is 3.26. The highest BCUT2D eigenvalue weighted by molar-refractivity contribution is 5.11. The Hall–Kier alpha value is -0.590. The number of ether oxygens (including phenoxy) is 1. The van der Waals surface area contributed by atoms with Gasteiger partial charge >= 0.3 is 0 Å². The Morgan fingerprint density at radius 3 is 2.44 bits per heavy atom. The third-order valence-corrected chi connectivity index (χ3v) is 4.55. The number of nitrogens with zero attached hydrogens (tertiary/aromatic N) is 2. The molecule has 0 bridgehead atoms. The molecule has 102 valence electrons. The summed E-state index contributed by atoms with van der Waals surface area (Å²) in [5.74, 6) is 0.505. The zero-order valence-electron chi connectivity index (χ0n) is 11.8. The van der Waals surface area contributed by atoms with Crippen molar-refractivity contribution in [2.24, 2.45) is 5.92 Å². The van der Waals surface area contributed by atoms with E-state index in [1.54, 1.807) is 0 Å². The molecule has 0 N–H and O–H groups in total. The minimum Gasteiger partial charge on any atom is -0.378 e. The van der Waals surface area contributed by atoms with Crippen LogP contribution in [0.5, 0.6) is 0 Å². The highest BCUT2D eigenvalue weighted by Crippen LogP contribution is 2.34. The Labute approximate surface area is 111 Å². The zero-order chi connectivity index (χ0) is 13.0. The molecule has 2 unspecified atom stereocenters. The van der Waals surface area contributed by atoms with Crippen LogP contribution in [0.1, 0.15) is 52.4 Å². The first kappa shape index (κ1) is 13.8. The van der Waals surface area contributed by atoms with Crippen LogP contribution in [0.3, 0.4) is 0 Å². The molecule has 2 fully saturated rings. The van der Waals surface area contributed by atoms with E-state index in [9.17, 15) is 5.26 Å². The Bertz CT molecular complexity index is 302. The number of rotatable bonds is 2. The van der Waals surface area contributed by atoms with E-state index in [0.29, 0.717) is 5.92 Å². The number of nitriles is 1. The minimum absolute atomic E-state index is 0.252. The van der Waals surface area contributed by atoms with Crippen molar-refractivity contribution in [3.8, 4) is 6.07 Å². The third kappa shape index (κ3) is 2.87. The fraction of sp³-hybridized carbons (Fsp3) is 0.933. The summed E-state index contributed by atoms with van der Waals surface area (Å²) in [6.45, 7) is 7.32. The van der Waals surface area contributed by atoms with Crippen LogP contribution in [0.4, 0.5) is 0 Å². The molecule has 2 aliphatic heterocycles. The molecule has 2 aliphatic rings. The molecule has 0 spiro atoms. The smallest absolute Gasteiger partial charge is 0.113 e. The largest absolute Gasteiger partial charge is 0.378 e. The molecule has 18 heavy (non-hydrogen) atoms. The predicted octanol–water partition coefficient (Wildman–Crippen LogP) is 2.96. The van der Waals surface area contributed by atoms with Crippen molar-refractivity contribution < 1.29 is 4.74 Å². The van der Waals surface area contributed by atoms with Crippen LogP contribution in [0.2, 0.25) is 0 Å². The highest BCUT2D eigenvalue weighted by atomic mass is 16.5. The highest BCUT2D eigenvalue weighted by Gasteiger charge is 2.42. The van der Waals surface area contributed by atoms with Gasteiger partial charge < -0.3 is 4.74 Å². The van der Waals surface area contributed by atoms with E-state index in [-0.39, 0.29) is 11.6 Å². The van der Waals surface area contributed by atoms with Crippen molar-refractivity contribution >= 4 is 0 Å². The Morgan fingerprint density at radius 1 is 1.22 bits per heavy atom. The molecular formula is C15H26N2O. The number of hydrogen-bond donors (Lipinski definition) is 0. The first-order chi connectivity index (χ1) is 8.68. The van der Waals surface area contributed by atoms with E-state index in [4.69, 9.17) is 4.74 Å². The van der Waals surface area contributed by atoms with E-state index >= 15 is 0 Å². The lowest BCUT2D eigenvalue weighted by molar-refractivity contribution is -0.0703. The van der Waals surface area contributed by atoms with Gasteiger partial charge in [0.2, 0.25) is 0 Å². The van der Waals surface area contributed by atoms with Gasteiger partial charge in [-0.15, -0.1) is 0 Å². The minimum atomic E-state index is -0.252. The molecule has 0 aromatic carbocycles. The lowest BCUT2D eigenvalue weighted by Gasteiger charge is -2.44. The number of likely N-dealkylation sites (tertiary alicyclic amines) is 1. The molecule has 0 aromatic rings. The second kappa shape index (κ2) is 6.04. The molecule has 0 aromatic heterocycles. The van der Waals surface area contributed by atoms with Gasteiger partial charge in [-0.3, -0.25) is 4.90 Å². The topological polar surface area (TPSA) is 36.3 Å². The maximum Gasteiger partial charge on any atom is 0.113 e. The van der Waals surface area contributed by atoms with Gasteiger partial charge in [-0.2, -0.15) is 5.26 Å². The lowest BCUT2D eigenvalue weighted by Crippen LogP contribution is -2.54. The van der Waals surface area contributed by atoms with E-state index < -0.39 is 0 Å². The maximum atomic E-state index is 9.74. The molecule has 2 atom stereocenters. The lowest BCUT2D eigenvalue weighted by atomic mass is 9.82. The Morgan fingerprint density at radius 2 is 1.89 bits per heavy atom. The van der Waals surface area contributed by atoms with E-state index in [0.717, 1.165) is 32.5 Å². The van der Waals surface area contributed by atoms with Gasteiger partial charge in [0.15, 0.2) is 0 Å². The van der Waals surface area contributed by atoms with Crippen molar-refractivity contribution in [1.82, 2.24) is 4.90 Å². The van der Waals surface area contributed by atoms with Crippen LogP contribution >= 0.6 is 0 Å². The van der Waals surface area contributed by atoms with Crippen LogP contribution in [-0.4, -0.2) is 36.2 Å². The quantitative estimate of drug-likeness (QED) is 0.756. The van der Waals surface area contributed by atoms with Crippen molar-refractivity contribution in [2.75, 3.05) is 19.7 Å². The SMILES string of the molecule is CC(C)C1CC(C#N)(N2CCCCCC2)CCO1. The van der Waals surface area contributed by atoms with E-state index in [1.165, 1.54) is 25.7 Å². The van der Waals surface area contributed by atoms with Crippen molar-refractivity contribution in [2.45, 2.75) is 64.0 Å². The fourth-order valence-corrected chi connectivity index (χ4v) is 3.26. The van der Waals surface area contributed by atoms with Crippen LogP contribution in [0.15, 0.2) is 0 Å². The summed E-state index contributed by atoms with van der Waals surface area (Å²) in [5, 5.41) is 9.74. The molecular weight excluding hydrogens is 224 g/mol. The molecule has 2 rings (SSSR count). The second-order valence-electron chi connectivity index (χ2n) is 6.15. The third-order valence-electron chi connectivity index (χ3n) is 4.55. The summed E-state index contributed by atoms with van der Waals surface area (Å²) in [5.41, 5.74) is -0.252. The van der Waals surface area contributed by atoms with Gasteiger partial charge in [0.25, 0.3) is 0 Å². The van der Waals surface area contributed by atoms with Crippen LogP contribution < -0.4 is 0 Å². The van der Waals surface area contributed by atoms with Crippen molar-refractivity contribution in [1.29, 1.82) is 5.26 Å². The van der Waals surface area contributed by atoms with Gasteiger partial charge in [0.05, 0.1) is 12.2 Å². The summed E-state index contributed by atoms with van der Waals surface area (Å²) >= 11 is 0. The van der Waals surface area contributed by atoms with Gasteiger partial charge in [-0.1, -0.05) is 26.7 Å². The maximum absolute atomic E-state index is 9.74. The van der Waals surface area contributed by atoms with Gasteiger partial charge in [-0.05, 0) is 31.8 Å². The molecule has 2 heterocycles. The van der Waals surface area contributed by atoms with Gasteiger partial charge in [0.1, 0.15) is 5.54 Å². The predicted molar refractivity (Wildman–Crippen MR) is 72.2 cm³/mol. The molecule has 0 saturated carbocycles. The van der Waals surface area contributed by atoms with E-state index in [1.807, 2.05) is 0 Å². The van der Waals surface area contributed by atoms with Crippen LogP contribution in [0, 0.1) is 17.2 Å². The summed E-state index contributed by atoms with van der Waals surface area (Å²) in [4.78, 5) is 2.46. The first-order valence-electron chi connectivity index (χ1n) is 7.46. The average molecular weight is 250 g/mol. The zero-order valence-corrected chi connectivity index (χ0v) is 11.8. The second-order valence-corrected chi connectivity index (χ2v) is 6.15. The summed E-state index contributed by atoms with van der Waals surface area (Å²) in [6, 6.07) is 2.65. The normalized spacial score (nSPS) is 35.1. The van der Waals surface area contributed by atoms with Gasteiger partial charge in [0, 0.05) is 19.4 Å². The van der Waals surface area contributed by atoms with Crippen LogP contribution in [-0.2, 0) is 4.74 Å². The molecule has 3 heteroatoms. The monoisotopic (exact) mass is 250 g/mol. The number of hydrogen-bond acceptors (Lipinski definition) is 3. The van der Waals surface area contributed by atoms with E-state index in [2.05, 4.69) is 24.8 Å². The van der Waals surface area contributed by atoms with Crippen molar-refractivity contribution in [3.05, 3.63) is 0 Å². The molecule has 3 nitrogen and oxygen atoms in total. The average Bonchev–Trinajstić information content (AvgIpc) is 2.68. The molecule has 0 amide bonds. The molecule has 0 radical (unpaired) electrons. The van der Waals surface area contributed by atoms with Gasteiger partial charge in [-0.25, -0.2) is 0 Å². The van der Waals surface area contributed by atoms with Crippen molar-refractivity contribution in [3.63, 3.8) is 0 Å². The molecule has 0 aliphatic carbocycles. The summed E-state index contributed by atoms with van der Waals surface area (Å²) in [6.07, 6.45) is 7.16. The summed E-state index contributed by atoms with van der Waals surface area (Å²) < 4.78 is 5.84. The van der Waals surface area contributed by atoms with Crippen LogP contribution in [0.25, 0.3) is 0 Å². The standard InChI is InChI=1S/C15H26N2O/c1-13(2)14-11-15(12-16,7-10-18-14)17-8-5-3-4-6-9-17/h13-14H,3-11H2,1-2H3. The first-order valence-corrected chi connectivity index (χ1v) is 7.46. The Balaban J connectivity index is 2.11. The Kier molecular flexibility index (Phi) is 4.64. The summed E-state index contributed by atoms with van der Waals surface area (Å²) in [7, 11) is 0. The molecule has 2 saturated heterocycles.